The largest absolute Gasteiger partial charge is 0.308 e. The number of benzene rings is 5. The number of para-hydroxylation sites is 4. The summed E-state index contributed by atoms with van der Waals surface area (Å²) in [5, 5.41) is 17.9. The molecule has 232 valence electrons. The van der Waals surface area contributed by atoms with Gasteiger partial charge in [-0.3, -0.25) is 8.80 Å². The fourth-order valence-electron chi connectivity index (χ4n) is 8.35. The average molecular weight is 625 g/mol. The molecule has 0 fully saturated rings. The molecule has 5 heterocycles. The molecule has 48 heavy (non-hydrogen) atoms. The second kappa shape index (κ2) is 9.29. The van der Waals surface area contributed by atoms with E-state index in [4.69, 9.17) is 0 Å². The van der Waals surface area contributed by atoms with Crippen molar-refractivity contribution in [3.05, 3.63) is 144 Å². The van der Waals surface area contributed by atoms with Crippen LogP contribution in [0.2, 0.25) is 0 Å². The molecule has 5 aromatic carbocycles. The number of fused-ring (bicyclic) bond motifs is 10. The molecule has 3 aromatic heterocycles. The van der Waals surface area contributed by atoms with Gasteiger partial charge in [0.1, 0.15) is 12.7 Å². The van der Waals surface area contributed by atoms with Gasteiger partial charge in [0, 0.05) is 10.8 Å². The Balaban J connectivity index is 1.37. The van der Waals surface area contributed by atoms with Crippen molar-refractivity contribution in [1.82, 2.24) is 29.2 Å². The Hall–Kier alpha value is -6.02. The van der Waals surface area contributed by atoms with E-state index in [1.165, 1.54) is 22.3 Å². The van der Waals surface area contributed by atoms with E-state index in [1.54, 1.807) is 12.7 Å². The van der Waals surface area contributed by atoms with Gasteiger partial charge in [-0.1, -0.05) is 100 Å². The summed E-state index contributed by atoms with van der Waals surface area (Å²) in [5.41, 5.74) is 14.6. The Morgan fingerprint density at radius 1 is 0.396 bits per heavy atom. The van der Waals surface area contributed by atoms with E-state index in [1.807, 2.05) is 0 Å². The second-order valence-corrected chi connectivity index (χ2v) is 13.8. The topological polar surface area (TPSA) is 66.9 Å². The summed E-state index contributed by atoms with van der Waals surface area (Å²) in [6.45, 7) is 9.26. The fourth-order valence-corrected chi connectivity index (χ4v) is 8.35. The predicted molar refractivity (Wildman–Crippen MR) is 191 cm³/mol. The number of rotatable bonds is 2. The first kappa shape index (κ1) is 27.1. The third-order valence-corrected chi connectivity index (χ3v) is 10.6. The van der Waals surface area contributed by atoms with Crippen molar-refractivity contribution in [1.29, 1.82) is 0 Å². The van der Waals surface area contributed by atoms with Gasteiger partial charge in [-0.2, -0.15) is 0 Å². The first-order valence-electron chi connectivity index (χ1n) is 16.3. The Bertz CT molecular complexity index is 2330. The van der Waals surface area contributed by atoms with E-state index < -0.39 is 0 Å². The zero-order valence-electron chi connectivity index (χ0n) is 27.1. The molecule has 0 saturated carbocycles. The standard InChI is InChI=1S/C40H32N8/c1-39(2)25-13-5-9-17-29(25)47(30-18-10-6-14-26(30)39)33-21-22-34(36-35(33)45-23-41-43-37(45)38-44-42-24-46(36)38)48-31-19-11-7-15-27(31)40(3,4)28-16-8-12-20-32(28)48/h5-24H,1-4H3. The Morgan fingerprint density at radius 2 is 0.708 bits per heavy atom. The van der Waals surface area contributed by atoms with Crippen molar-refractivity contribution in [2.45, 2.75) is 38.5 Å². The lowest BCUT2D eigenvalue weighted by Crippen LogP contribution is -2.31. The van der Waals surface area contributed by atoms with E-state index >= 15 is 0 Å². The van der Waals surface area contributed by atoms with E-state index in [9.17, 15) is 0 Å². The lowest BCUT2D eigenvalue weighted by Gasteiger charge is -2.43. The molecule has 0 spiro atoms. The molecule has 10 rings (SSSR count). The maximum Gasteiger partial charge on any atom is 0.206 e. The van der Waals surface area contributed by atoms with Gasteiger partial charge in [-0.05, 0) is 58.7 Å². The highest BCUT2D eigenvalue weighted by Crippen LogP contribution is 2.56. The molecule has 0 aliphatic carbocycles. The highest BCUT2D eigenvalue weighted by Gasteiger charge is 2.40. The fraction of sp³-hybridized carbons (Fsp3) is 0.150. The number of anilines is 6. The molecule has 8 heteroatoms. The van der Waals surface area contributed by atoms with Gasteiger partial charge in [0.25, 0.3) is 0 Å². The molecule has 0 N–H and O–H groups in total. The molecular weight excluding hydrogens is 592 g/mol. The van der Waals surface area contributed by atoms with Crippen molar-refractivity contribution < 1.29 is 0 Å². The molecule has 0 radical (unpaired) electrons. The van der Waals surface area contributed by atoms with Gasteiger partial charge in [0.05, 0.1) is 45.2 Å². The van der Waals surface area contributed by atoms with Crippen molar-refractivity contribution in [3.63, 3.8) is 0 Å². The zero-order chi connectivity index (χ0) is 32.4. The molecule has 2 aliphatic heterocycles. The molecule has 0 saturated heterocycles. The van der Waals surface area contributed by atoms with Crippen LogP contribution in [0.15, 0.2) is 122 Å². The third kappa shape index (κ3) is 3.33. The second-order valence-electron chi connectivity index (χ2n) is 13.8. The van der Waals surface area contributed by atoms with Gasteiger partial charge in [0.2, 0.25) is 11.3 Å². The first-order valence-corrected chi connectivity index (χ1v) is 16.3. The first-order chi connectivity index (χ1) is 23.4. The van der Waals surface area contributed by atoms with Crippen LogP contribution in [-0.2, 0) is 10.8 Å². The van der Waals surface area contributed by atoms with E-state index in [-0.39, 0.29) is 10.8 Å². The summed E-state index contributed by atoms with van der Waals surface area (Å²) in [6.07, 6.45) is 3.60. The van der Waals surface area contributed by atoms with Gasteiger partial charge < -0.3 is 9.80 Å². The summed E-state index contributed by atoms with van der Waals surface area (Å²) < 4.78 is 4.16. The summed E-state index contributed by atoms with van der Waals surface area (Å²) in [4.78, 5) is 4.80. The third-order valence-electron chi connectivity index (χ3n) is 10.6. The maximum absolute atomic E-state index is 4.56. The van der Waals surface area contributed by atoms with Crippen LogP contribution in [0.5, 0.6) is 0 Å². The van der Waals surface area contributed by atoms with Crippen LogP contribution in [0.4, 0.5) is 34.1 Å². The van der Waals surface area contributed by atoms with Crippen molar-refractivity contribution >= 4 is 56.5 Å². The van der Waals surface area contributed by atoms with E-state index in [0.29, 0.717) is 11.3 Å². The summed E-state index contributed by atoms with van der Waals surface area (Å²) in [7, 11) is 0. The van der Waals surface area contributed by atoms with E-state index in [2.05, 4.69) is 176 Å². The molecule has 8 nitrogen and oxygen atoms in total. The maximum atomic E-state index is 4.56. The van der Waals surface area contributed by atoms with Gasteiger partial charge >= 0.3 is 0 Å². The van der Waals surface area contributed by atoms with Crippen LogP contribution in [-0.4, -0.2) is 29.2 Å². The molecular formula is C40H32N8. The molecule has 0 unspecified atom stereocenters. The molecule has 0 atom stereocenters. The van der Waals surface area contributed by atoms with E-state index in [0.717, 1.165) is 45.2 Å². The zero-order valence-corrected chi connectivity index (χ0v) is 27.1. The SMILES string of the molecule is CC1(C)c2ccccc2N(c2ccc(N3c4ccccc4C(C)(C)c4ccccc43)c3c2n2cnnc2c2nncn23)c2ccccc21. The van der Waals surface area contributed by atoms with Crippen molar-refractivity contribution in [3.8, 4) is 0 Å². The van der Waals surface area contributed by atoms with Crippen LogP contribution in [0, 0.1) is 0 Å². The Labute approximate surface area is 277 Å². The van der Waals surface area contributed by atoms with Gasteiger partial charge in [-0.15, -0.1) is 20.4 Å². The molecule has 0 amide bonds. The average Bonchev–Trinajstić information content (AvgIpc) is 3.80. The molecule has 0 bridgehead atoms. The Kier molecular flexibility index (Phi) is 5.25. The van der Waals surface area contributed by atoms with Crippen LogP contribution >= 0.6 is 0 Å². The van der Waals surface area contributed by atoms with Crippen molar-refractivity contribution in [2.75, 3.05) is 9.80 Å². The quantitative estimate of drug-likeness (QED) is 0.191. The number of nitrogens with zero attached hydrogens (tertiary/aromatic N) is 8. The number of hydrogen-bond acceptors (Lipinski definition) is 6. The minimum Gasteiger partial charge on any atom is -0.308 e. The smallest absolute Gasteiger partial charge is 0.206 e. The van der Waals surface area contributed by atoms with Crippen LogP contribution in [0.25, 0.3) is 22.3 Å². The van der Waals surface area contributed by atoms with Crippen molar-refractivity contribution in [2.24, 2.45) is 0 Å². The van der Waals surface area contributed by atoms with Gasteiger partial charge in [-0.25, -0.2) is 0 Å². The summed E-state index contributed by atoms with van der Waals surface area (Å²) in [6, 6.07) is 39.5. The summed E-state index contributed by atoms with van der Waals surface area (Å²) in [5.74, 6) is 0. The molecule has 2 aliphatic rings. The molecule has 8 aromatic rings. The van der Waals surface area contributed by atoms with Crippen LogP contribution in [0.1, 0.15) is 49.9 Å². The highest BCUT2D eigenvalue weighted by atomic mass is 15.3. The normalized spacial score (nSPS) is 15.8. The van der Waals surface area contributed by atoms with Crippen LogP contribution < -0.4 is 9.80 Å². The van der Waals surface area contributed by atoms with Gasteiger partial charge in [0.15, 0.2) is 0 Å². The predicted octanol–water partition coefficient (Wildman–Crippen LogP) is 9.14. The Morgan fingerprint density at radius 3 is 1.04 bits per heavy atom. The number of hydrogen-bond donors (Lipinski definition) is 0. The monoisotopic (exact) mass is 624 g/mol. The lowest BCUT2D eigenvalue weighted by molar-refractivity contribution is 0.631. The van der Waals surface area contributed by atoms with Crippen LogP contribution in [0.3, 0.4) is 0 Å². The number of aromatic nitrogens is 6. The lowest BCUT2D eigenvalue weighted by atomic mass is 9.73. The minimum atomic E-state index is -0.180. The highest BCUT2D eigenvalue weighted by molar-refractivity contribution is 6.08. The minimum absolute atomic E-state index is 0.180. The summed E-state index contributed by atoms with van der Waals surface area (Å²) >= 11 is 0.